The molecular formula is C18H21ClN2O3. The molecule has 6 heteroatoms. The van der Waals surface area contributed by atoms with E-state index in [1.807, 2.05) is 0 Å². The number of hydrogen-bond acceptors (Lipinski definition) is 4. The van der Waals surface area contributed by atoms with E-state index >= 15 is 0 Å². The van der Waals surface area contributed by atoms with E-state index in [-0.39, 0.29) is 23.4 Å². The average molecular weight is 349 g/mol. The van der Waals surface area contributed by atoms with Crippen LogP contribution in [0.5, 0.6) is 0 Å². The first-order chi connectivity index (χ1) is 11.4. The minimum atomic E-state index is -0.0557. The second kappa shape index (κ2) is 6.95. The molecule has 24 heavy (non-hydrogen) atoms. The Kier molecular flexibility index (Phi) is 4.92. The highest BCUT2D eigenvalue weighted by atomic mass is 35.5. The molecule has 2 aromatic rings. The minimum Gasteiger partial charge on any atom is -0.464 e. The molecule has 0 saturated carbocycles. The monoisotopic (exact) mass is 348 g/mol. The van der Waals surface area contributed by atoms with Gasteiger partial charge in [0, 0.05) is 42.2 Å². The van der Waals surface area contributed by atoms with Crippen LogP contribution in [0.1, 0.15) is 32.3 Å². The zero-order valence-corrected chi connectivity index (χ0v) is 14.6. The van der Waals surface area contributed by atoms with Crippen LogP contribution in [0, 0.1) is 0 Å². The number of halogens is 1. The van der Waals surface area contributed by atoms with Crippen molar-refractivity contribution in [3.63, 3.8) is 0 Å². The van der Waals surface area contributed by atoms with Gasteiger partial charge in [-0.1, -0.05) is 11.6 Å². The van der Waals surface area contributed by atoms with Gasteiger partial charge in [0.1, 0.15) is 5.58 Å². The van der Waals surface area contributed by atoms with Crippen LogP contribution in [-0.2, 0) is 11.3 Å². The van der Waals surface area contributed by atoms with E-state index in [9.17, 15) is 9.59 Å². The van der Waals surface area contributed by atoms with Crippen molar-refractivity contribution in [1.29, 1.82) is 0 Å². The first-order valence-corrected chi connectivity index (χ1v) is 8.55. The maximum Gasteiger partial charge on any atom is 0.220 e. The molecule has 1 aromatic carbocycles. The van der Waals surface area contributed by atoms with Gasteiger partial charge in [-0.3, -0.25) is 14.5 Å². The standard InChI is InChI=1S/C18H21ClN2O3/c1-11(2)21(9-14-4-6-17(22)20-14)8-12-10-24-16-5-3-13(19)7-15(16)18(12)23/h3,5,7,10-11,14H,4,6,8-9H2,1-2H3,(H,20,22)/t14-/m0/s1. The Morgan fingerprint density at radius 1 is 1.38 bits per heavy atom. The highest BCUT2D eigenvalue weighted by Crippen LogP contribution is 2.18. The minimum absolute atomic E-state index is 0.0557. The summed E-state index contributed by atoms with van der Waals surface area (Å²) in [5, 5.41) is 3.99. The van der Waals surface area contributed by atoms with Gasteiger partial charge in [-0.15, -0.1) is 0 Å². The normalized spacial score (nSPS) is 17.9. The lowest BCUT2D eigenvalue weighted by Gasteiger charge is -2.28. The molecular weight excluding hydrogens is 328 g/mol. The maximum absolute atomic E-state index is 12.7. The first-order valence-electron chi connectivity index (χ1n) is 8.17. The Morgan fingerprint density at radius 3 is 2.83 bits per heavy atom. The van der Waals surface area contributed by atoms with Gasteiger partial charge in [0.05, 0.1) is 11.6 Å². The van der Waals surface area contributed by atoms with Crippen molar-refractivity contribution in [3.05, 3.63) is 45.3 Å². The smallest absolute Gasteiger partial charge is 0.220 e. The molecule has 128 valence electrons. The highest BCUT2D eigenvalue weighted by Gasteiger charge is 2.24. The molecule has 1 saturated heterocycles. The SMILES string of the molecule is CC(C)N(Cc1coc2ccc(Cl)cc2c1=O)C[C@@H]1CCC(=O)N1. The van der Waals surface area contributed by atoms with Crippen LogP contribution < -0.4 is 10.7 Å². The molecule has 1 fully saturated rings. The molecule has 1 aliphatic heterocycles. The summed E-state index contributed by atoms with van der Waals surface area (Å²) >= 11 is 6.00. The lowest BCUT2D eigenvalue weighted by molar-refractivity contribution is -0.119. The number of amides is 1. The van der Waals surface area contributed by atoms with Crippen molar-refractivity contribution in [3.8, 4) is 0 Å². The molecule has 0 unspecified atom stereocenters. The van der Waals surface area contributed by atoms with Crippen LogP contribution in [0.15, 0.2) is 33.7 Å². The molecule has 1 N–H and O–H groups in total. The quantitative estimate of drug-likeness (QED) is 0.902. The second-order valence-corrected chi connectivity index (χ2v) is 6.99. The van der Waals surface area contributed by atoms with Crippen molar-refractivity contribution in [2.45, 2.75) is 45.3 Å². The van der Waals surface area contributed by atoms with Crippen molar-refractivity contribution < 1.29 is 9.21 Å². The largest absolute Gasteiger partial charge is 0.464 e. The van der Waals surface area contributed by atoms with Crippen LogP contribution in [0.25, 0.3) is 11.0 Å². The third-order valence-corrected chi connectivity index (χ3v) is 4.68. The van der Waals surface area contributed by atoms with Crippen molar-refractivity contribution in [2.24, 2.45) is 0 Å². The van der Waals surface area contributed by atoms with Crippen LogP contribution >= 0.6 is 11.6 Å². The van der Waals surface area contributed by atoms with Crippen LogP contribution in [0.4, 0.5) is 0 Å². The van der Waals surface area contributed by atoms with Gasteiger partial charge in [0.2, 0.25) is 5.91 Å². The summed E-state index contributed by atoms with van der Waals surface area (Å²) in [5.41, 5.74) is 1.08. The molecule has 0 radical (unpaired) electrons. The Labute approximate surface area is 145 Å². The zero-order valence-electron chi connectivity index (χ0n) is 13.8. The number of nitrogens with one attached hydrogen (secondary N) is 1. The van der Waals surface area contributed by atoms with Crippen molar-refractivity contribution >= 4 is 28.5 Å². The van der Waals surface area contributed by atoms with E-state index in [1.165, 1.54) is 6.26 Å². The molecule has 0 aliphatic carbocycles. The van der Waals surface area contributed by atoms with E-state index in [0.717, 1.165) is 13.0 Å². The molecule has 2 heterocycles. The lowest BCUT2D eigenvalue weighted by Crippen LogP contribution is -2.42. The summed E-state index contributed by atoms with van der Waals surface area (Å²) in [6.45, 7) is 5.36. The topological polar surface area (TPSA) is 62.6 Å². The van der Waals surface area contributed by atoms with Crippen LogP contribution in [0.3, 0.4) is 0 Å². The summed E-state index contributed by atoms with van der Waals surface area (Å²) in [6.07, 6.45) is 2.94. The fraction of sp³-hybridized carbons (Fsp3) is 0.444. The van der Waals surface area contributed by atoms with E-state index in [2.05, 4.69) is 24.1 Å². The van der Waals surface area contributed by atoms with Gasteiger partial charge < -0.3 is 9.73 Å². The molecule has 0 bridgehead atoms. The van der Waals surface area contributed by atoms with Crippen LogP contribution in [-0.4, -0.2) is 29.4 Å². The van der Waals surface area contributed by atoms with E-state index in [4.69, 9.17) is 16.0 Å². The van der Waals surface area contributed by atoms with Gasteiger partial charge in [0.25, 0.3) is 0 Å². The number of carbonyl (C=O) groups is 1. The number of rotatable bonds is 5. The lowest BCUT2D eigenvalue weighted by atomic mass is 10.1. The number of carbonyl (C=O) groups excluding carboxylic acids is 1. The number of hydrogen-bond donors (Lipinski definition) is 1. The summed E-state index contributed by atoms with van der Waals surface area (Å²) in [5.74, 6) is 0.101. The van der Waals surface area contributed by atoms with Crippen molar-refractivity contribution in [1.82, 2.24) is 10.2 Å². The highest BCUT2D eigenvalue weighted by molar-refractivity contribution is 6.31. The van der Waals surface area contributed by atoms with E-state index in [0.29, 0.717) is 34.5 Å². The molecule has 0 spiro atoms. The predicted octanol–water partition coefficient (Wildman–Crippen LogP) is 2.94. The molecule has 1 atom stereocenters. The third kappa shape index (κ3) is 3.62. The summed E-state index contributed by atoms with van der Waals surface area (Å²) in [6, 6.07) is 5.44. The van der Waals surface area contributed by atoms with Crippen LogP contribution in [0.2, 0.25) is 5.02 Å². The van der Waals surface area contributed by atoms with Gasteiger partial charge in [-0.25, -0.2) is 0 Å². The van der Waals surface area contributed by atoms with E-state index in [1.54, 1.807) is 18.2 Å². The second-order valence-electron chi connectivity index (χ2n) is 6.56. The summed E-state index contributed by atoms with van der Waals surface area (Å²) < 4.78 is 5.59. The van der Waals surface area contributed by atoms with Crippen molar-refractivity contribution in [2.75, 3.05) is 6.54 Å². The third-order valence-electron chi connectivity index (χ3n) is 4.45. The first kappa shape index (κ1) is 17.0. The Balaban J connectivity index is 1.84. The average Bonchev–Trinajstić information content (AvgIpc) is 2.94. The van der Waals surface area contributed by atoms with Gasteiger partial charge >= 0.3 is 0 Å². The van der Waals surface area contributed by atoms with Gasteiger partial charge in [0.15, 0.2) is 5.43 Å². The summed E-state index contributed by atoms with van der Waals surface area (Å²) in [4.78, 5) is 26.3. The number of fused-ring (bicyclic) bond motifs is 1. The molecule has 5 nitrogen and oxygen atoms in total. The Morgan fingerprint density at radius 2 is 2.17 bits per heavy atom. The Bertz CT molecular complexity index is 816. The molecule has 3 rings (SSSR count). The van der Waals surface area contributed by atoms with E-state index < -0.39 is 0 Å². The zero-order chi connectivity index (χ0) is 17.3. The van der Waals surface area contributed by atoms with Gasteiger partial charge in [-0.05, 0) is 38.5 Å². The maximum atomic E-state index is 12.7. The summed E-state index contributed by atoms with van der Waals surface area (Å²) in [7, 11) is 0. The fourth-order valence-corrected chi connectivity index (χ4v) is 3.20. The molecule has 1 amide bonds. The molecule has 1 aliphatic rings. The Hall–Kier alpha value is -1.85. The number of benzene rings is 1. The van der Waals surface area contributed by atoms with Gasteiger partial charge in [-0.2, -0.15) is 0 Å². The fourth-order valence-electron chi connectivity index (χ4n) is 3.03. The molecule has 1 aromatic heterocycles. The predicted molar refractivity (Wildman–Crippen MR) is 94.2 cm³/mol. The number of nitrogens with zero attached hydrogens (tertiary/aromatic N) is 1.